The lowest BCUT2D eigenvalue weighted by atomic mass is 10.2. The monoisotopic (exact) mass is 209 g/mol. The van der Waals surface area contributed by atoms with Crippen molar-refractivity contribution in [2.24, 2.45) is 0 Å². The van der Waals surface area contributed by atoms with E-state index < -0.39 is 0 Å². The van der Waals surface area contributed by atoms with Crippen LogP contribution in [0.1, 0.15) is 46.0 Å². The molecule has 0 aromatic carbocycles. The minimum Gasteiger partial charge on any atom is -0.353 e. The fraction of sp³-hybridized carbons (Fsp3) is 0.615. The van der Waals surface area contributed by atoms with Crippen LogP contribution in [0.15, 0.2) is 24.3 Å². The maximum absolute atomic E-state index is 11.1. The van der Waals surface area contributed by atoms with Gasteiger partial charge in [-0.05, 0) is 19.3 Å². The van der Waals surface area contributed by atoms with E-state index in [-0.39, 0.29) is 5.91 Å². The summed E-state index contributed by atoms with van der Waals surface area (Å²) < 4.78 is 0. The molecule has 0 unspecified atom stereocenters. The van der Waals surface area contributed by atoms with Crippen molar-refractivity contribution in [2.45, 2.75) is 46.0 Å². The Hall–Kier alpha value is -1.05. The molecule has 0 radical (unpaired) electrons. The number of unbranched alkanes of at least 4 members (excludes halogenated alkanes) is 3. The second-order valence-corrected chi connectivity index (χ2v) is 3.57. The summed E-state index contributed by atoms with van der Waals surface area (Å²) in [6.07, 6.45) is 13.3. The predicted octanol–water partition coefficient (Wildman–Crippen LogP) is 3.21. The summed E-state index contributed by atoms with van der Waals surface area (Å²) in [7, 11) is 0. The second kappa shape index (κ2) is 11.0. The molecule has 0 saturated carbocycles. The van der Waals surface area contributed by atoms with Crippen LogP contribution in [-0.4, -0.2) is 12.5 Å². The van der Waals surface area contributed by atoms with Gasteiger partial charge in [-0.15, -0.1) is 0 Å². The van der Waals surface area contributed by atoms with E-state index in [9.17, 15) is 4.79 Å². The van der Waals surface area contributed by atoms with Crippen molar-refractivity contribution in [1.29, 1.82) is 0 Å². The average Bonchev–Trinajstić information content (AvgIpc) is 2.25. The highest BCUT2D eigenvalue weighted by atomic mass is 16.1. The zero-order valence-corrected chi connectivity index (χ0v) is 9.96. The van der Waals surface area contributed by atoms with Gasteiger partial charge in [0.1, 0.15) is 0 Å². The summed E-state index contributed by atoms with van der Waals surface area (Å²) in [4.78, 5) is 11.1. The van der Waals surface area contributed by atoms with Crippen LogP contribution in [0.2, 0.25) is 0 Å². The van der Waals surface area contributed by atoms with E-state index in [1.54, 1.807) is 12.2 Å². The van der Waals surface area contributed by atoms with Crippen LogP contribution in [-0.2, 0) is 4.79 Å². The van der Waals surface area contributed by atoms with Crippen molar-refractivity contribution < 1.29 is 4.79 Å². The van der Waals surface area contributed by atoms with Crippen LogP contribution in [0.4, 0.5) is 0 Å². The van der Waals surface area contributed by atoms with Gasteiger partial charge in [0.2, 0.25) is 5.91 Å². The summed E-state index contributed by atoms with van der Waals surface area (Å²) in [5, 5.41) is 2.78. The molecule has 0 aromatic rings. The molecule has 15 heavy (non-hydrogen) atoms. The molecule has 0 aliphatic carbocycles. The van der Waals surface area contributed by atoms with E-state index >= 15 is 0 Å². The zero-order chi connectivity index (χ0) is 11.4. The first-order valence-electron chi connectivity index (χ1n) is 5.92. The third-order valence-electron chi connectivity index (χ3n) is 2.02. The molecule has 0 aliphatic heterocycles. The maximum atomic E-state index is 11.1. The highest BCUT2D eigenvalue weighted by Crippen LogP contribution is 1.99. The Balaban J connectivity index is 3.46. The van der Waals surface area contributed by atoms with Gasteiger partial charge in [0.25, 0.3) is 0 Å². The summed E-state index contributed by atoms with van der Waals surface area (Å²) >= 11 is 0. The highest BCUT2D eigenvalue weighted by Gasteiger charge is 1.89. The zero-order valence-electron chi connectivity index (χ0n) is 9.96. The standard InChI is InChI=1S/C13H23NO/c1-3-5-6-7-8-9-10-11-13(15)14-12-4-2/h8-11H,3-7,12H2,1-2H3,(H,14,15)/b9-8+,11-10+. The number of rotatable bonds is 8. The molecule has 0 spiro atoms. The SMILES string of the molecule is CCCCC/C=C/C=C/C(=O)NCCC. The Morgan fingerprint density at radius 3 is 2.60 bits per heavy atom. The molecule has 1 N–H and O–H groups in total. The number of allylic oxidation sites excluding steroid dienone is 3. The fourth-order valence-corrected chi connectivity index (χ4v) is 1.14. The van der Waals surface area contributed by atoms with E-state index in [1.807, 2.05) is 13.0 Å². The van der Waals surface area contributed by atoms with E-state index in [0.29, 0.717) is 0 Å². The lowest BCUT2D eigenvalue weighted by molar-refractivity contribution is -0.116. The fourth-order valence-electron chi connectivity index (χ4n) is 1.14. The van der Waals surface area contributed by atoms with Crippen LogP contribution >= 0.6 is 0 Å². The van der Waals surface area contributed by atoms with Crippen molar-refractivity contribution in [3.8, 4) is 0 Å². The number of carbonyl (C=O) groups excluding carboxylic acids is 1. The van der Waals surface area contributed by atoms with Crippen molar-refractivity contribution >= 4 is 5.91 Å². The van der Waals surface area contributed by atoms with Crippen LogP contribution in [0, 0.1) is 0 Å². The van der Waals surface area contributed by atoms with Gasteiger partial charge >= 0.3 is 0 Å². The molecular formula is C13H23NO. The van der Waals surface area contributed by atoms with Gasteiger partial charge in [-0.1, -0.05) is 44.9 Å². The van der Waals surface area contributed by atoms with E-state index in [0.717, 1.165) is 19.4 Å². The normalized spacial score (nSPS) is 11.3. The number of carbonyl (C=O) groups is 1. The van der Waals surface area contributed by atoms with Gasteiger partial charge < -0.3 is 5.32 Å². The largest absolute Gasteiger partial charge is 0.353 e. The van der Waals surface area contributed by atoms with Crippen LogP contribution in [0.25, 0.3) is 0 Å². The Bertz CT molecular complexity index is 207. The number of nitrogens with one attached hydrogen (secondary N) is 1. The Kier molecular flexibility index (Phi) is 10.3. The third kappa shape index (κ3) is 10.9. The minimum absolute atomic E-state index is 0.00458. The predicted molar refractivity (Wildman–Crippen MR) is 65.7 cm³/mol. The first-order chi connectivity index (χ1) is 7.31. The number of amides is 1. The summed E-state index contributed by atoms with van der Waals surface area (Å²) in [6, 6.07) is 0. The Morgan fingerprint density at radius 1 is 1.13 bits per heavy atom. The third-order valence-corrected chi connectivity index (χ3v) is 2.02. The summed E-state index contributed by atoms with van der Waals surface area (Å²) in [6.45, 7) is 4.99. The second-order valence-electron chi connectivity index (χ2n) is 3.57. The van der Waals surface area contributed by atoms with Crippen molar-refractivity contribution in [3.05, 3.63) is 24.3 Å². The first kappa shape index (κ1) is 13.9. The van der Waals surface area contributed by atoms with E-state index in [1.165, 1.54) is 19.3 Å². The lowest BCUT2D eigenvalue weighted by Crippen LogP contribution is -2.21. The van der Waals surface area contributed by atoms with E-state index in [4.69, 9.17) is 0 Å². The van der Waals surface area contributed by atoms with Crippen molar-refractivity contribution in [3.63, 3.8) is 0 Å². The Labute approximate surface area is 93.5 Å². The van der Waals surface area contributed by atoms with E-state index in [2.05, 4.69) is 18.3 Å². The summed E-state index contributed by atoms with van der Waals surface area (Å²) in [5.41, 5.74) is 0. The molecule has 0 aliphatic rings. The van der Waals surface area contributed by atoms with Gasteiger partial charge in [-0.3, -0.25) is 4.79 Å². The topological polar surface area (TPSA) is 29.1 Å². The first-order valence-corrected chi connectivity index (χ1v) is 5.92. The van der Waals surface area contributed by atoms with Crippen molar-refractivity contribution in [1.82, 2.24) is 5.32 Å². The molecule has 86 valence electrons. The van der Waals surface area contributed by atoms with Crippen LogP contribution in [0.3, 0.4) is 0 Å². The number of hydrogen-bond donors (Lipinski definition) is 1. The van der Waals surface area contributed by atoms with Gasteiger partial charge in [0.05, 0.1) is 0 Å². The Morgan fingerprint density at radius 2 is 1.93 bits per heavy atom. The van der Waals surface area contributed by atoms with Gasteiger partial charge in [0.15, 0.2) is 0 Å². The van der Waals surface area contributed by atoms with Gasteiger partial charge in [-0.25, -0.2) is 0 Å². The quantitative estimate of drug-likeness (QED) is 0.371. The molecule has 0 rings (SSSR count). The molecule has 0 saturated heterocycles. The molecule has 2 heteroatoms. The molecule has 0 aromatic heterocycles. The average molecular weight is 209 g/mol. The molecule has 0 heterocycles. The molecular weight excluding hydrogens is 186 g/mol. The molecule has 1 amide bonds. The molecule has 0 bridgehead atoms. The lowest BCUT2D eigenvalue weighted by Gasteiger charge is -1.95. The van der Waals surface area contributed by atoms with Crippen LogP contribution in [0.5, 0.6) is 0 Å². The minimum atomic E-state index is -0.00458. The smallest absolute Gasteiger partial charge is 0.243 e. The molecule has 0 atom stereocenters. The molecule has 2 nitrogen and oxygen atoms in total. The highest BCUT2D eigenvalue weighted by molar-refractivity contribution is 5.87. The molecule has 0 fully saturated rings. The van der Waals surface area contributed by atoms with Gasteiger partial charge in [0, 0.05) is 12.6 Å². The van der Waals surface area contributed by atoms with Crippen LogP contribution < -0.4 is 5.32 Å². The summed E-state index contributed by atoms with van der Waals surface area (Å²) in [5.74, 6) is -0.00458. The van der Waals surface area contributed by atoms with Crippen molar-refractivity contribution in [2.75, 3.05) is 6.54 Å². The van der Waals surface area contributed by atoms with Gasteiger partial charge in [-0.2, -0.15) is 0 Å². The maximum Gasteiger partial charge on any atom is 0.243 e. The number of hydrogen-bond acceptors (Lipinski definition) is 1.